The average Bonchev–Trinajstić information content (AvgIpc) is 3.44. The Morgan fingerprint density at radius 2 is 1.71 bits per heavy atom. The highest BCUT2D eigenvalue weighted by molar-refractivity contribution is 7.93. The number of nitrogens with one attached hydrogen (secondary N) is 1. The van der Waals surface area contributed by atoms with Gasteiger partial charge in [0, 0.05) is 28.5 Å². The van der Waals surface area contributed by atoms with Gasteiger partial charge in [0.15, 0.2) is 11.2 Å². The molecule has 5 atom stereocenters. The summed E-state index contributed by atoms with van der Waals surface area (Å²) in [4.78, 5) is 3.25. The molecule has 2 heterocycles. The lowest BCUT2D eigenvalue weighted by Crippen LogP contribution is -2.63. The standard InChI is InChI=1S/C30H37N3O6S2/c1-4-13-33(14-5-2)22-10-9-19-15-21(8-7-20(19)16-22)26-12-11-23(40-26)17-24(18-31)41(37,38)32-27-29(35)28(34)25(6-3)39-30(27)36/h7-12,15-17,25,27-30,32,34-36H,4-6,13-14H2,1-3H3/b24-17+/t25-,27-,28-,29-,30?/m1/s1. The van der Waals surface area contributed by atoms with Crippen LogP contribution in [-0.2, 0) is 14.8 Å². The SMILES string of the molecule is CCCN(CCC)c1ccc2cc(-c3ccc(/C=C(\C#N)S(=O)(=O)N[C@H]4C(O)O[C@H](CC)[C@@H](O)[C@@H]4O)s3)ccc2c1. The van der Waals surface area contributed by atoms with Gasteiger partial charge in [0.2, 0.25) is 0 Å². The van der Waals surface area contributed by atoms with E-state index in [1.165, 1.54) is 23.1 Å². The zero-order valence-electron chi connectivity index (χ0n) is 23.4. The maximum Gasteiger partial charge on any atom is 0.251 e. The molecular formula is C30H37N3O6S2. The van der Waals surface area contributed by atoms with Crippen molar-refractivity contribution >= 4 is 43.9 Å². The molecule has 0 aliphatic carbocycles. The second kappa shape index (κ2) is 13.4. The van der Waals surface area contributed by atoms with E-state index in [-0.39, 0.29) is 0 Å². The summed E-state index contributed by atoms with van der Waals surface area (Å²) in [6.45, 7) is 8.08. The van der Waals surface area contributed by atoms with E-state index in [4.69, 9.17) is 4.74 Å². The van der Waals surface area contributed by atoms with Crippen LogP contribution in [0.1, 0.15) is 44.9 Å². The van der Waals surface area contributed by atoms with Crippen molar-refractivity contribution in [3.05, 3.63) is 58.3 Å². The number of allylic oxidation sites excluding steroid dienone is 1. The molecule has 1 unspecified atom stereocenters. The van der Waals surface area contributed by atoms with Crippen LogP contribution in [0.5, 0.6) is 0 Å². The molecule has 11 heteroatoms. The van der Waals surface area contributed by atoms with Gasteiger partial charge >= 0.3 is 0 Å². The van der Waals surface area contributed by atoms with Crippen molar-refractivity contribution in [2.75, 3.05) is 18.0 Å². The number of anilines is 1. The van der Waals surface area contributed by atoms with Gasteiger partial charge in [-0.15, -0.1) is 11.3 Å². The third-order valence-electron chi connectivity index (χ3n) is 7.17. The zero-order chi connectivity index (χ0) is 29.7. The van der Waals surface area contributed by atoms with Crippen molar-refractivity contribution < 1.29 is 28.5 Å². The van der Waals surface area contributed by atoms with E-state index in [1.807, 2.05) is 12.1 Å². The zero-order valence-corrected chi connectivity index (χ0v) is 25.0. The normalized spacial score (nSPS) is 23.4. The monoisotopic (exact) mass is 599 g/mol. The van der Waals surface area contributed by atoms with Crippen LogP contribution in [-0.4, -0.2) is 67.5 Å². The van der Waals surface area contributed by atoms with E-state index in [9.17, 15) is 29.0 Å². The molecule has 1 fully saturated rings. The number of rotatable bonds is 11. The van der Waals surface area contributed by atoms with E-state index < -0.39 is 45.6 Å². The quantitative estimate of drug-likeness (QED) is 0.240. The minimum Gasteiger partial charge on any atom is -0.388 e. The number of nitriles is 1. The summed E-state index contributed by atoms with van der Waals surface area (Å²) in [6.07, 6.45) is -1.82. The van der Waals surface area contributed by atoms with Crippen molar-refractivity contribution in [1.82, 2.24) is 4.72 Å². The van der Waals surface area contributed by atoms with Crippen LogP contribution >= 0.6 is 11.3 Å². The Labute approximate surface area is 245 Å². The number of nitrogens with zero attached hydrogens (tertiary/aromatic N) is 2. The molecule has 4 rings (SSSR count). The molecule has 0 radical (unpaired) electrons. The van der Waals surface area contributed by atoms with E-state index in [0.717, 1.165) is 47.1 Å². The second-order valence-corrected chi connectivity index (χ2v) is 13.0. The highest BCUT2D eigenvalue weighted by Crippen LogP contribution is 2.33. The molecule has 4 N–H and O–H groups in total. The summed E-state index contributed by atoms with van der Waals surface area (Å²) in [5, 5.41) is 42.7. The lowest BCUT2D eigenvalue weighted by molar-refractivity contribution is -0.244. The number of hydrogen-bond donors (Lipinski definition) is 4. The second-order valence-electron chi connectivity index (χ2n) is 10.2. The first-order chi connectivity index (χ1) is 19.6. The average molecular weight is 600 g/mol. The molecule has 0 amide bonds. The first-order valence-electron chi connectivity index (χ1n) is 13.8. The summed E-state index contributed by atoms with van der Waals surface area (Å²) in [7, 11) is -4.45. The molecule has 1 saturated heterocycles. The van der Waals surface area contributed by atoms with E-state index in [0.29, 0.717) is 11.3 Å². The fraction of sp³-hybridized carbons (Fsp3) is 0.433. The molecule has 0 bridgehead atoms. The third-order valence-corrected chi connectivity index (χ3v) is 9.63. The van der Waals surface area contributed by atoms with Crippen LogP contribution in [0.15, 0.2) is 53.4 Å². The van der Waals surface area contributed by atoms with Crippen LogP contribution < -0.4 is 9.62 Å². The lowest BCUT2D eigenvalue weighted by Gasteiger charge is -2.40. The van der Waals surface area contributed by atoms with Crippen molar-refractivity contribution in [1.29, 1.82) is 5.26 Å². The molecule has 41 heavy (non-hydrogen) atoms. The van der Waals surface area contributed by atoms with Gasteiger partial charge in [-0.1, -0.05) is 39.0 Å². The summed E-state index contributed by atoms with van der Waals surface area (Å²) in [6, 6.07) is 16.4. The fourth-order valence-electron chi connectivity index (χ4n) is 5.03. The highest BCUT2D eigenvalue weighted by atomic mass is 32.2. The van der Waals surface area contributed by atoms with Crippen LogP contribution in [0, 0.1) is 11.3 Å². The minimum atomic E-state index is -4.45. The molecule has 1 aliphatic heterocycles. The van der Waals surface area contributed by atoms with Crippen molar-refractivity contribution in [3.8, 4) is 16.5 Å². The van der Waals surface area contributed by atoms with E-state index in [2.05, 4.69) is 53.8 Å². The topological polar surface area (TPSA) is 143 Å². The van der Waals surface area contributed by atoms with Crippen molar-refractivity contribution in [3.63, 3.8) is 0 Å². The predicted octanol–water partition coefficient (Wildman–Crippen LogP) is 4.20. The van der Waals surface area contributed by atoms with E-state index in [1.54, 1.807) is 19.1 Å². The fourth-order valence-corrected chi connectivity index (χ4v) is 7.20. The summed E-state index contributed by atoms with van der Waals surface area (Å²) >= 11 is 1.33. The molecule has 9 nitrogen and oxygen atoms in total. The first kappa shape index (κ1) is 31.1. The Hall–Kier alpha value is -2.82. The number of hydrogen-bond acceptors (Lipinski definition) is 9. The van der Waals surface area contributed by atoms with Gasteiger partial charge in [-0.3, -0.25) is 0 Å². The number of aliphatic hydroxyl groups is 3. The van der Waals surface area contributed by atoms with Gasteiger partial charge < -0.3 is 25.0 Å². The summed E-state index contributed by atoms with van der Waals surface area (Å²) < 4.78 is 33.4. The number of aliphatic hydroxyl groups excluding tert-OH is 3. The number of benzene rings is 2. The Bertz CT molecular complexity index is 1520. The lowest BCUT2D eigenvalue weighted by atomic mass is 9.96. The summed E-state index contributed by atoms with van der Waals surface area (Å²) in [5.74, 6) is 0. The maximum absolute atomic E-state index is 13.0. The maximum atomic E-state index is 13.0. The molecule has 1 aromatic heterocycles. The number of ether oxygens (including phenoxy) is 1. The van der Waals surface area contributed by atoms with Crippen molar-refractivity contribution in [2.45, 2.75) is 70.7 Å². The van der Waals surface area contributed by atoms with Gasteiger partial charge in [0.1, 0.15) is 24.3 Å². The molecule has 0 spiro atoms. The Balaban J connectivity index is 1.54. The Morgan fingerprint density at radius 1 is 1.02 bits per heavy atom. The molecule has 1 aliphatic rings. The van der Waals surface area contributed by atoms with Gasteiger partial charge in [-0.25, -0.2) is 8.42 Å². The number of sulfonamides is 1. The van der Waals surface area contributed by atoms with Gasteiger partial charge in [-0.05, 0) is 72.0 Å². The Morgan fingerprint density at radius 3 is 2.37 bits per heavy atom. The minimum absolute atomic E-state index is 0.313. The van der Waals surface area contributed by atoms with Gasteiger partial charge in [0.05, 0.1) is 6.10 Å². The Kier molecular flexibility index (Phi) is 10.2. The molecular weight excluding hydrogens is 562 g/mol. The van der Waals surface area contributed by atoms with Gasteiger partial charge in [-0.2, -0.15) is 9.98 Å². The molecule has 0 saturated carbocycles. The van der Waals surface area contributed by atoms with Crippen LogP contribution in [0.4, 0.5) is 5.69 Å². The predicted molar refractivity (Wildman–Crippen MR) is 163 cm³/mol. The van der Waals surface area contributed by atoms with Crippen LogP contribution in [0.25, 0.3) is 27.3 Å². The van der Waals surface area contributed by atoms with E-state index >= 15 is 0 Å². The molecule has 3 aromatic rings. The first-order valence-corrected chi connectivity index (χ1v) is 16.1. The number of thiophene rings is 1. The molecule has 220 valence electrons. The van der Waals surface area contributed by atoms with Crippen molar-refractivity contribution in [2.24, 2.45) is 0 Å². The highest BCUT2D eigenvalue weighted by Gasteiger charge is 2.45. The smallest absolute Gasteiger partial charge is 0.251 e. The summed E-state index contributed by atoms with van der Waals surface area (Å²) in [5.41, 5.74) is 2.18. The van der Waals surface area contributed by atoms with Gasteiger partial charge in [0.25, 0.3) is 10.0 Å². The third kappa shape index (κ3) is 6.98. The number of fused-ring (bicyclic) bond motifs is 1. The molecule has 2 aromatic carbocycles. The largest absolute Gasteiger partial charge is 0.388 e. The van der Waals surface area contributed by atoms with Crippen LogP contribution in [0.2, 0.25) is 0 Å². The van der Waals surface area contributed by atoms with Crippen LogP contribution in [0.3, 0.4) is 0 Å².